The van der Waals surface area contributed by atoms with Crippen molar-refractivity contribution in [2.75, 3.05) is 0 Å². The zero-order valence-electron chi connectivity index (χ0n) is 24.7. The van der Waals surface area contributed by atoms with Gasteiger partial charge in [0.05, 0.1) is 36.5 Å². The summed E-state index contributed by atoms with van der Waals surface area (Å²) in [7, 11) is 0. The smallest absolute Gasteiger partial charge is 0.0789 e. The third kappa shape index (κ3) is 3.42. The van der Waals surface area contributed by atoms with Gasteiger partial charge in [0.25, 0.3) is 0 Å². The quantitative estimate of drug-likeness (QED) is 0.350. The van der Waals surface area contributed by atoms with E-state index in [1.54, 1.807) is 11.3 Å². The minimum Gasteiger partial charge on any atom is -0.372 e. The van der Waals surface area contributed by atoms with Crippen molar-refractivity contribution in [3.8, 4) is 0 Å². The molecular formula is C36H52N2O2. The second-order valence-corrected chi connectivity index (χ2v) is 16.0. The Bertz CT molecular complexity index is 1100. The normalized spacial score (nSPS) is 53.0. The van der Waals surface area contributed by atoms with E-state index in [4.69, 9.17) is 9.47 Å². The standard InChI is InChI=1S/C36H52N2O2/c1-3-11-31-29(9-1)37-27-17-15-21(19-25(27)23-7-5-13-33(39-31)35(23)37)22-16-18-28-26(20-22)24-8-6-14-34-36(24)38(28)30-10-2-4-12-32(30)40-34/h19,22-24,26,28-36H,1-18,20H2. The van der Waals surface area contributed by atoms with Crippen LogP contribution in [0.15, 0.2) is 22.9 Å². The third-order valence-electron chi connectivity index (χ3n) is 14.4. The van der Waals surface area contributed by atoms with Gasteiger partial charge in [0.15, 0.2) is 0 Å². The maximum atomic E-state index is 6.92. The number of allylic oxidation sites excluding steroid dienone is 3. The van der Waals surface area contributed by atoms with Crippen LogP contribution >= 0.6 is 0 Å². The molecule has 3 saturated heterocycles. The molecule has 13 atom stereocenters. The van der Waals surface area contributed by atoms with Crippen LogP contribution < -0.4 is 0 Å². The largest absolute Gasteiger partial charge is 0.372 e. The highest BCUT2D eigenvalue weighted by Gasteiger charge is 2.60. The van der Waals surface area contributed by atoms with E-state index in [-0.39, 0.29) is 0 Å². The van der Waals surface area contributed by atoms with Gasteiger partial charge >= 0.3 is 0 Å². The van der Waals surface area contributed by atoms with Crippen LogP contribution in [0.3, 0.4) is 0 Å². The molecule has 0 radical (unpaired) electrons. The van der Waals surface area contributed by atoms with Crippen LogP contribution in [0.1, 0.15) is 122 Å². The van der Waals surface area contributed by atoms with Gasteiger partial charge in [0.1, 0.15) is 0 Å². The number of ether oxygens (including phenoxy) is 2. The number of rotatable bonds is 1. The van der Waals surface area contributed by atoms with E-state index in [2.05, 4.69) is 15.9 Å². The molecule has 0 N–H and O–H groups in total. The van der Waals surface area contributed by atoms with Gasteiger partial charge in [-0.05, 0) is 107 Å². The van der Waals surface area contributed by atoms with Gasteiger partial charge in [0, 0.05) is 29.7 Å². The molecule has 10 aliphatic rings. The summed E-state index contributed by atoms with van der Waals surface area (Å²) < 4.78 is 13.8. The summed E-state index contributed by atoms with van der Waals surface area (Å²) in [5.41, 5.74) is 5.45. The highest BCUT2D eigenvalue weighted by molar-refractivity contribution is 5.43. The molecule has 5 saturated carbocycles. The van der Waals surface area contributed by atoms with Crippen molar-refractivity contribution < 1.29 is 9.47 Å². The summed E-state index contributed by atoms with van der Waals surface area (Å²) in [6, 6.07) is 3.70. The molecule has 0 aromatic heterocycles. The van der Waals surface area contributed by atoms with E-state index >= 15 is 0 Å². The molecule has 0 aromatic carbocycles. The van der Waals surface area contributed by atoms with Gasteiger partial charge in [-0.25, -0.2) is 0 Å². The van der Waals surface area contributed by atoms with Crippen molar-refractivity contribution in [2.45, 2.75) is 177 Å². The lowest BCUT2D eigenvalue weighted by atomic mass is 9.67. The number of hydrogen-bond donors (Lipinski definition) is 0. The zero-order valence-corrected chi connectivity index (χ0v) is 24.7. The Kier molecular flexibility index (Phi) is 5.73. The van der Waals surface area contributed by atoms with Crippen molar-refractivity contribution in [3.63, 3.8) is 0 Å². The minimum atomic E-state index is 0.497. The first-order chi connectivity index (χ1) is 19.8. The maximum Gasteiger partial charge on any atom is 0.0789 e. The van der Waals surface area contributed by atoms with Crippen LogP contribution in [0.5, 0.6) is 0 Å². The number of fused-ring (bicyclic) bond motifs is 9. The average Bonchev–Trinajstić information content (AvgIpc) is 3.52. The Morgan fingerprint density at radius 3 is 2.17 bits per heavy atom. The van der Waals surface area contributed by atoms with Crippen LogP contribution in [0.4, 0.5) is 0 Å². The highest BCUT2D eigenvalue weighted by Crippen LogP contribution is 2.58. The van der Waals surface area contributed by atoms with Crippen LogP contribution in [-0.4, -0.2) is 64.4 Å². The van der Waals surface area contributed by atoms with Crippen molar-refractivity contribution in [3.05, 3.63) is 22.9 Å². The lowest BCUT2D eigenvalue weighted by Crippen LogP contribution is -2.63. The second-order valence-electron chi connectivity index (χ2n) is 16.0. The van der Waals surface area contributed by atoms with Gasteiger partial charge in [-0.1, -0.05) is 50.2 Å². The summed E-state index contributed by atoms with van der Waals surface area (Å²) in [5.74, 6) is 3.44. The van der Waals surface area contributed by atoms with Crippen molar-refractivity contribution >= 4 is 0 Å². The molecule has 8 fully saturated rings. The van der Waals surface area contributed by atoms with E-state index in [0.29, 0.717) is 36.5 Å². The summed E-state index contributed by atoms with van der Waals surface area (Å²) in [4.78, 5) is 6.16. The van der Waals surface area contributed by atoms with Gasteiger partial charge in [-0.3, -0.25) is 4.90 Å². The first-order valence-electron chi connectivity index (χ1n) is 18.1. The molecule has 6 aliphatic carbocycles. The summed E-state index contributed by atoms with van der Waals surface area (Å²) in [5, 5.41) is 0. The van der Waals surface area contributed by atoms with Crippen LogP contribution in [0.2, 0.25) is 0 Å². The topological polar surface area (TPSA) is 24.9 Å². The van der Waals surface area contributed by atoms with Crippen LogP contribution in [0, 0.1) is 23.7 Å². The Labute approximate surface area is 242 Å². The fourth-order valence-electron chi connectivity index (χ4n) is 13.1. The van der Waals surface area contributed by atoms with Crippen LogP contribution in [0.25, 0.3) is 0 Å². The molecule has 13 unspecified atom stereocenters. The average molecular weight is 545 g/mol. The number of morpholine rings is 2. The predicted octanol–water partition coefficient (Wildman–Crippen LogP) is 7.13. The molecule has 0 amide bonds. The summed E-state index contributed by atoms with van der Waals surface area (Å²) >= 11 is 0. The predicted molar refractivity (Wildman–Crippen MR) is 157 cm³/mol. The number of hydrogen-bond acceptors (Lipinski definition) is 4. The first kappa shape index (κ1) is 24.6. The van der Waals surface area contributed by atoms with E-state index < -0.39 is 0 Å². The van der Waals surface area contributed by atoms with E-state index in [9.17, 15) is 0 Å². The Morgan fingerprint density at radius 1 is 0.575 bits per heavy atom. The van der Waals surface area contributed by atoms with Gasteiger partial charge in [-0.15, -0.1) is 0 Å². The Hall–Kier alpha value is -0.840. The van der Waals surface area contributed by atoms with Gasteiger partial charge < -0.3 is 14.4 Å². The molecule has 4 aliphatic heterocycles. The second kappa shape index (κ2) is 9.33. The summed E-state index contributed by atoms with van der Waals surface area (Å²) in [6.07, 6.45) is 31.3. The molecule has 4 heteroatoms. The molecule has 40 heavy (non-hydrogen) atoms. The van der Waals surface area contributed by atoms with Gasteiger partial charge in [-0.2, -0.15) is 0 Å². The van der Waals surface area contributed by atoms with Crippen molar-refractivity contribution in [1.29, 1.82) is 0 Å². The molecule has 4 heterocycles. The third-order valence-corrected chi connectivity index (χ3v) is 14.4. The number of nitrogens with zero attached hydrogens (tertiary/aromatic N) is 2. The molecule has 0 aromatic rings. The highest BCUT2D eigenvalue weighted by atomic mass is 16.5. The fourth-order valence-corrected chi connectivity index (χ4v) is 13.1. The van der Waals surface area contributed by atoms with Crippen molar-refractivity contribution in [2.24, 2.45) is 23.7 Å². The van der Waals surface area contributed by atoms with E-state index in [1.165, 1.54) is 122 Å². The SMILES string of the molecule is C1=C(C2CCC3C(C2)C2CCCC4OC5CCCCC5N3C42)CCC2=C1C1CCCC3OC4CCCCC4N2C31. The lowest BCUT2D eigenvalue weighted by Gasteiger charge is -2.54. The minimum absolute atomic E-state index is 0.497. The summed E-state index contributed by atoms with van der Waals surface area (Å²) in [6.45, 7) is 0. The monoisotopic (exact) mass is 544 g/mol. The van der Waals surface area contributed by atoms with E-state index in [1.807, 2.05) is 5.57 Å². The molecule has 0 bridgehead atoms. The van der Waals surface area contributed by atoms with Gasteiger partial charge in [0.2, 0.25) is 0 Å². The Morgan fingerprint density at radius 2 is 1.30 bits per heavy atom. The van der Waals surface area contributed by atoms with Crippen molar-refractivity contribution in [1.82, 2.24) is 9.80 Å². The molecule has 0 spiro atoms. The Balaban J connectivity index is 0.944. The zero-order chi connectivity index (χ0) is 25.9. The molecular weight excluding hydrogens is 492 g/mol. The molecule has 4 nitrogen and oxygen atoms in total. The lowest BCUT2D eigenvalue weighted by molar-refractivity contribution is -0.177. The fraction of sp³-hybridized carbons (Fsp3) is 0.889. The maximum absolute atomic E-state index is 6.92. The first-order valence-corrected chi connectivity index (χ1v) is 18.1. The molecule has 218 valence electrons. The van der Waals surface area contributed by atoms with E-state index in [0.717, 1.165) is 41.8 Å². The van der Waals surface area contributed by atoms with Crippen LogP contribution in [-0.2, 0) is 9.47 Å². The molecule has 10 rings (SSSR count).